The standard InChI is InChI=1S/C11H9BrIN3S/c1-17-11-14-5-4-10(16-11)15-9-6-7(12)2-3-8(9)13/h2-6H,1H3,(H,14,15,16). The molecule has 0 saturated heterocycles. The van der Waals surface area contributed by atoms with Crippen LogP contribution in [-0.4, -0.2) is 16.2 Å². The van der Waals surface area contributed by atoms with Crippen molar-refractivity contribution in [3.63, 3.8) is 0 Å². The third kappa shape index (κ3) is 3.56. The maximum atomic E-state index is 4.38. The molecule has 2 aromatic rings. The highest BCUT2D eigenvalue weighted by Crippen LogP contribution is 2.25. The summed E-state index contributed by atoms with van der Waals surface area (Å²) >= 11 is 7.27. The summed E-state index contributed by atoms with van der Waals surface area (Å²) in [5, 5.41) is 4.05. The van der Waals surface area contributed by atoms with Crippen LogP contribution in [0.3, 0.4) is 0 Å². The predicted octanol–water partition coefficient (Wildman–Crippen LogP) is 4.31. The van der Waals surface area contributed by atoms with Crippen LogP contribution in [0.2, 0.25) is 0 Å². The Bertz CT molecular complexity index is 536. The number of anilines is 2. The number of nitrogens with one attached hydrogen (secondary N) is 1. The van der Waals surface area contributed by atoms with E-state index in [2.05, 4.69) is 53.8 Å². The molecule has 0 aliphatic rings. The van der Waals surface area contributed by atoms with E-state index in [1.54, 1.807) is 6.20 Å². The average molecular weight is 422 g/mol. The maximum absolute atomic E-state index is 4.38. The molecule has 1 aromatic carbocycles. The van der Waals surface area contributed by atoms with E-state index < -0.39 is 0 Å². The molecule has 0 bridgehead atoms. The van der Waals surface area contributed by atoms with Crippen molar-refractivity contribution in [1.29, 1.82) is 0 Å². The molecule has 1 heterocycles. The second-order valence-electron chi connectivity index (χ2n) is 3.18. The van der Waals surface area contributed by atoms with Gasteiger partial charge >= 0.3 is 0 Å². The van der Waals surface area contributed by atoms with E-state index in [9.17, 15) is 0 Å². The van der Waals surface area contributed by atoms with Gasteiger partial charge in [0, 0.05) is 14.2 Å². The van der Waals surface area contributed by atoms with E-state index in [0.29, 0.717) is 0 Å². The van der Waals surface area contributed by atoms with Crippen molar-refractivity contribution < 1.29 is 0 Å². The van der Waals surface area contributed by atoms with Gasteiger partial charge in [0.15, 0.2) is 5.16 Å². The highest BCUT2D eigenvalue weighted by atomic mass is 127. The lowest BCUT2D eigenvalue weighted by Crippen LogP contribution is -1.97. The number of halogens is 2. The van der Waals surface area contributed by atoms with Crippen molar-refractivity contribution in [1.82, 2.24) is 9.97 Å². The van der Waals surface area contributed by atoms with Crippen molar-refractivity contribution in [3.05, 3.63) is 38.5 Å². The van der Waals surface area contributed by atoms with Gasteiger partial charge in [-0.3, -0.25) is 0 Å². The Kier molecular flexibility index (Phi) is 4.63. The Morgan fingerprint density at radius 1 is 1.35 bits per heavy atom. The molecule has 0 aliphatic heterocycles. The van der Waals surface area contributed by atoms with Crippen LogP contribution in [0, 0.1) is 3.57 Å². The first-order valence-electron chi connectivity index (χ1n) is 4.78. The smallest absolute Gasteiger partial charge is 0.189 e. The summed E-state index contributed by atoms with van der Waals surface area (Å²) in [5.41, 5.74) is 1.03. The third-order valence-corrected chi connectivity index (χ3v) is 4.00. The quantitative estimate of drug-likeness (QED) is 0.455. The molecule has 0 unspecified atom stereocenters. The van der Waals surface area contributed by atoms with Crippen molar-refractivity contribution >= 4 is 61.8 Å². The molecular formula is C11H9BrIN3S. The summed E-state index contributed by atoms with van der Waals surface area (Å²) < 4.78 is 2.19. The minimum Gasteiger partial charge on any atom is -0.339 e. The Labute approximate surface area is 126 Å². The van der Waals surface area contributed by atoms with Crippen LogP contribution in [0.4, 0.5) is 11.5 Å². The zero-order valence-corrected chi connectivity index (χ0v) is 13.5. The molecule has 0 fully saturated rings. The fourth-order valence-corrected chi connectivity index (χ4v) is 2.43. The van der Waals surface area contributed by atoms with Gasteiger partial charge in [-0.25, -0.2) is 9.97 Å². The lowest BCUT2D eigenvalue weighted by atomic mass is 10.3. The van der Waals surface area contributed by atoms with Crippen LogP contribution >= 0.6 is 50.3 Å². The summed E-state index contributed by atoms with van der Waals surface area (Å²) in [6.07, 6.45) is 3.72. The van der Waals surface area contributed by atoms with Gasteiger partial charge in [0.1, 0.15) is 5.82 Å². The number of nitrogens with zero attached hydrogens (tertiary/aromatic N) is 2. The van der Waals surface area contributed by atoms with Gasteiger partial charge in [0.2, 0.25) is 0 Å². The molecule has 0 saturated carbocycles. The topological polar surface area (TPSA) is 37.8 Å². The number of aromatic nitrogens is 2. The molecule has 3 nitrogen and oxygen atoms in total. The van der Waals surface area contributed by atoms with Crippen LogP contribution in [0.25, 0.3) is 0 Å². The number of hydrogen-bond donors (Lipinski definition) is 1. The normalized spacial score (nSPS) is 10.3. The lowest BCUT2D eigenvalue weighted by Gasteiger charge is -2.08. The van der Waals surface area contributed by atoms with Crippen LogP contribution in [0.5, 0.6) is 0 Å². The Morgan fingerprint density at radius 2 is 2.18 bits per heavy atom. The van der Waals surface area contributed by atoms with Gasteiger partial charge in [-0.15, -0.1) is 0 Å². The zero-order chi connectivity index (χ0) is 12.3. The summed E-state index contributed by atoms with van der Waals surface area (Å²) in [4.78, 5) is 8.52. The van der Waals surface area contributed by atoms with Gasteiger partial charge in [-0.1, -0.05) is 27.7 Å². The van der Waals surface area contributed by atoms with E-state index in [-0.39, 0.29) is 0 Å². The van der Waals surface area contributed by atoms with Gasteiger partial charge in [0.25, 0.3) is 0 Å². The van der Waals surface area contributed by atoms with Crippen molar-refractivity contribution in [2.45, 2.75) is 5.16 Å². The SMILES string of the molecule is CSc1nccc(Nc2cc(Br)ccc2I)n1. The molecular weight excluding hydrogens is 413 g/mol. The van der Waals surface area contributed by atoms with Crippen molar-refractivity contribution in [3.8, 4) is 0 Å². The zero-order valence-electron chi connectivity index (χ0n) is 8.95. The minimum absolute atomic E-state index is 0.764. The molecule has 6 heteroatoms. The second-order valence-corrected chi connectivity index (χ2v) is 6.03. The highest BCUT2D eigenvalue weighted by Gasteiger charge is 2.03. The molecule has 0 atom stereocenters. The molecule has 0 aliphatic carbocycles. The molecule has 17 heavy (non-hydrogen) atoms. The van der Waals surface area contributed by atoms with Crippen LogP contribution in [-0.2, 0) is 0 Å². The number of benzene rings is 1. The summed E-state index contributed by atoms with van der Waals surface area (Å²) in [7, 11) is 0. The summed E-state index contributed by atoms with van der Waals surface area (Å²) in [6.45, 7) is 0. The van der Waals surface area contributed by atoms with E-state index in [4.69, 9.17) is 0 Å². The molecule has 88 valence electrons. The van der Waals surface area contributed by atoms with Gasteiger partial charge < -0.3 is 5.32 Å². The maximum Gasteiger partial charge on any atom is 0.189 e. The largest absolute Gasteiger partial charge is 0.339 e. The van der Waals surface area contributed by atoms with Gasteiger partial charge in [0.05, 0.1) is 5.69 Å². The number of hydrogen-bond acceptors (Lipinski definition) is 4. The average Bonchev–Trinajstić information content (AvgIpc) is 2.34. The first-order chi connectivity index (χ1) is 8.19. The summed E-state index contributed by atoms with van der Waals surface area (Å²) in [5.74, 6) is 0.806. The Balaban J connectivity index is 2.27. The first kappa shape index (κ1) is 13.1. The van der Waals surface area contributed by atoms with Crippen molar-refractivity contribution in [2.75, 3.05) is 11.6 Å². The molecule has 0 radical (unpaired) electrons. The fraction of sp³-hybridized carbons (Fsp3) is 0.0909. The molecule has 1 aromatic heterocycles. The van der Waals surface area contributed by atoms with E-state index in [1.165, 1.54) is 11.8 Å². The Morgan fingerprint density at radius 3 is 2.94 bits per heavy atom. The fourth-order valence-electron chi connectivity index (χ4n) is 1.24. The number of thioether (sulfide) groups is 1. The van der Waals surface area contributed by atoms with Gasteiger partial charge in [-0.05, 0) is 53.1 Å². The van der Waals surface area contributed by atoms with Gasteiger partial charge in [-0.2, -0.15) is 0 Å². The van der Waals surface area contributed by atoms with E-state index >= 15 is 0 Å². The molecule has 2 rings (SSSR count). The minimum atomic E-state index is 0.764. The lowest BCUT2D eigenvalue weighted by molar-refractivity contribution is 0.975. The third-order valence-electron chi connectivity index (χ3n) is 2.01. The van der Waals surface area contributed by atoms with Crippen LogP contribution in [0.15, 0.2) is 40.1 Å². The highest BCUT2D eigenvalue weighted by molar-refractivity contribution is 14.1. The Hall–Kier alpha value is -0.340. The van der Waals surface area contributed by atoms with Crippen LogP contribution in [0.1, 0.15) is 0 Å². The van der Waals surface area contributed by atoms with Crippen LogP contribution < -0.4 is 5.32 Å². The van der Waals surface area contributed by atoms with Crippen molar-refractivity contribution in [2.24, 2.45) is 0 Å². The molecule has 1 N–H and O–H groups in total. The molecule has 0 amide bonds. The summed E-state index contributed by atoms with van der Waals surface area (Å²) in [6, 6.07) is 7.95. The van der Waals surface area contributed by atoms with E-state index in [1.807, 2.05) is 30.5 Å². The number of rotatable bonds is 3. The predicted molar refractivity (Wildman–Crippen MR) is 84.0 cm³/mol. The second kappa shape index (κ2) is 6.01. The monoisotopic (exact) mass is 421 g/mol. The first-order valence-corrected chi connectivity index (χ1v) is 7.88. The van der Waals surface area contributed by atoms with E-state index in [0.717, 1.165) is 24.7 Å². The molecule has 0 spiro atoms.